The van der Waals surface area contributed by atoms with Gasteiger partial charge in [-0.2, -0.15) is 0 Å². The van der Waals surface area contributed by atoms with Crippen LogP contribution in [0.15, 0.2) is 54.6 Å². The van der Waals surface area contributed by atoms with Crippen molar-refractivity contribution in [1.29, 1.82) is 0 Å². The molecule has 122 valence electrons. The van der Waals surface area contributed by atoms with Crippen LogP contribution in [-0.4, -0.2) is 23.2 Å². The Hall–Kier alpha value is -2.33. The molecule has 2 N–H and O–H groups in total. The summed E-state index contributed by atoms with van der Waals surface area (Å²) in [7, 11) is 0. The quantitative estimate of drug-likeness (QED) is 0.785. The van der Waals surface area contributed by atoms with Crippen molar-refractivity contribution in [2.24, 2.45) is 0 Å². The summed E-state index contributed by atoms with van der Waals surface area (Å²) in [6.07, 6.45) is 0.603. The Kier molecular flexibility index (Phi) is 6.18. The molecule has 0 saturated heterocycles. The smallest absolute Gasteiger partial charge is 0.321 e. The lowest BCUT2D eigenvalue weighted by atomic mass is 10.1. The van der Waals surface area contributed by atoms with Gasteiger partial charge >= 0.3 is 5.97 Å². The van der Waals surface area contributed by atoms with Gasteiger partial charge in [-0.3, -0.25) is 4.79 Å². The molecule has 2 aromatic carbocycles. The highest BCUT2D eigenvalue weighted by atomic mass is 16.5. The average molecular weight is 313 g/mol. The molecule has 0 aliphatic carbocycles. The summed E-state index contributed by atoms with van der Waals surface area (Å²) < 4.78 is 5.60. The molecule has 0 fully saturated rings. The molecule has 0 amide bonds. The maximum atomic E-state index is 11.4. The van der Waals surface area contributed by atoms with Gasteiger partial charge in [0.05, 0.1) is 6.10 Å². The van der Waals surface area contributed by atoms with E-state index in [-0.39, 0.29) is 6.10 Å². The van der Waals surface area contributed by atoms with Gasteiger partial charge < -0.3 is 15.2 Å². The summed E-state index contributed by atoms with van der Waals surface area (Å²) >= 11 is 0. The van der Waals surface area contributed by atoms with Gasteiger partial charge in [-0.1, -0.05) is 42.5 Å². The molecule has 2 aromatic rings. The van der Waals surface area contributed by atoms with Crippen LogP contribution in [0.4, 0.5) is 0 Å². The molecule has 0 aliphatic heterocycles. The Morgan fingerprint density at radius 2 is 1.70 bits per heavy atom. The van der Waals surface area contributed by atoms with Crippen LogP contribution in [0.2, 0.25) is 0 Å². The van der Waals surface area contributed by atoms with E-state index < -0.39 is 12.0 Å². The fraction of sp³-hybridized carbons (Fsp3) is 0.316. The third kappa shape index (κ3) is 5.75. The maximum absolute atomic E-state index is 11.4. The SMILES string of the molecule is CC(C)Oc1ccc(CN[C@H](Cc2ccccc2)C(=O)O)cc1. The highest BCUT2D eigenvalue weighted by Crippen LogP contribution is 2.14. The summed E-state index contributed by atoms with van der Waals surface area (Å²) in [6.45, 7) is 4.47. The zero-order valence-electron chi connectivity index (χ0n) is 13.5. The van der Waals surface area contributed by atoms with E-state index in [1.165, 1.54) is 0 Å². The van der Waals surface area contributed by atoms with Gasteiger partial charge in [0.2, 0.25) is 0 Å². The fourth-order valence-electron chi connectivity index (χ4n) is 2.30. The zero-order valence-corrected chi connectivity index (χ0v) is 13.5. The first-order chi connectivity index (χ1) is 11.0. The van der Waals surface area contributed by atoms with Crippen molar-refractivity contribution >= 4 is 5.97 Å². The summed E-state index contributed by atoms with van der Waals surface area (Å²) in [5.41, 5.74) is 2.04. The van der Waals surface area contributed by atoms with Gasteiger partial charge in [-0.05, 0) is 43.5 Å². The standard InChI is InChI=1S/C19H23NO3/c1-14(2)23-17-10-8-16(9-11-17)13-20-18(19(21)22)12-15-6-4-3-5-7-15/h3-11,14,18,20H,12-13H2,1-2H3,(H,21,22)/t18-/m1/s1. The van der Waals surface area contributed by atoms with E-state index in [1.807, 2.05) is 68.4 Å². The molecule has 4 nitrogen and oxygen atoms in total. The summed E-state index contributed by atoms with van der Waals surface area (Å²) in [4.78, 5) is 11.4. The summed E-state index contributed by atoms with van der Waals surface area (Å²) in [5, 5.41) is 12.5. The van der Waals surface area contributed by atoms with Crippen molar-refractivity contribution in [3.63, 3.8) is 0 Å². The van der Waals surface area contributed by atoms with Crippen LogP contribution in [0, 0.1) is 0 Å². The molecule has 2 rings (SSSR count). The van der Waals surface area contributed by atoms with E-state index in [0.717, 1.165) is 16.9 Å². The van der Waals surface area contributed by atoms with Gasteiger partial charge in [0, 0.05) is 6.54 Å². The zero-order chi connectivity index (χ0) is 16.7. The van der Waals surface area contributed by atoms with Crippen molar-refractivity contribution < 1.29 is 14.6 Å². The number of carbonyl (C=O) groups is 1. The molecule has 4 heteroatoms. The number of ether oxygens (including phenoxy) is 1. The van der Waals surface area contributed by atoms with E-state index in [9.17, 15) is 9.90 Å². The molecule has 23 heavy (non-hydrogen) atoms. The molecule has 0 aromatic heterocycles. The Balaban J connectivity index is 1.92. The molecule has 0 unspecified atom stereocenters. The maximum Gasteiger partial charge on any atom is 0.321 e. The van der Waals surface area contributed by atoms with Crippen LogP contribution in [0.3, 0.4) is 0 Å². The molecule has 1 atom stereocenters. The Bertz CT molecular complexity index is 608. The van der Waals surface area contributed by atoms with Crippen molar-refractivity contribution in [2.75, 3.05) is 0 Å². The van der Waals surface area contributed by atoms with Gasteiger partial charge in [-0.15, -0.1) is 0 Å². The molecule has 0 spiro atoms. The molecule has 0 radical (unpaired) electrons. The van der Waals surface area contributed by atoms with Gasteiger partial charge in [0.25, 0.3) is 0 Å². The minimum absolute atomic E-state index is 0.140. The van der Waals surface area contributed by atoms with E-state index >= 15 is 0 Å². The van der Waals surface area contributed by atoms with E-state index in [0.29, 0.717) is 13.0 Å². The number of hydrogen-bond donors (Lipinski definition) is 2. The van der Waals surface area contributed by atoms with Crippen molar-refractivity contribution in [3.05, 3.63) is 65.7 Å². The molecule has 0 saturated carbocycles. The Morgan fingerprint density at radius 3 is 2.26 bits per heavy atom. The normalized spacial score (nSPS) is 12.1. The monoisotopic (exact) mass is 313 g/mol. The first-order valence-electron chi connectivity index (χ1n) is 7.80. The molecular weight excluding hydrogens is 290 g/mol. The largest absolute Gasteiger partial charge is 0.491 e. The lowest BCUT2D eigenvalue weighted by Gasteiger charge is -2.15. The summed E-state index contributed by atoms with van der Waals surface area (Å²) in [6, 6.07) is 16.7. The topological polar surface area (TPSA) is 58.6 Å². The van der Waals surface area contributed by atoms with Crippen LogP contribution in [-0.2, 0) is 17.8 Å². The number of carboxylic acid groups (broad SMARTS) is 1. The molecular formula is C19H23NO3. The van der Waals surface area contributed by atoms with Crippen LogP contribution in [0.25, 0.3) is 0 Å². The van der Waals surface area contributed by atoms with Crippen LogP contribution >= 0.6 is 0 Å². The van der Waals surface area contributed by atoms with Crippen LogP contribution < -0.4 is 10.1 Å². The van der Waals surface area contributed by atoms with E-state index in [2.05, 4.69) is 5.32 Å². The number of hydrogen-bond acceptors (Lipinski definition) is 3. The van der Waals surface area contributed by atoms with Gasteiger partial charge in [-0.25, -0.2) is 0 Å². The van der Waals surface area contributed by atoms with Crippen LogP contribution in [0.5, 0.6) is 5.75 Å². The highest BCUT2D eigenvalue weighted by molar-refractivity contribution is 5.73. The van der Waals surface area contributed by atoms with Gasteiger partial charge in [0.15, 0.2) is 0 Å². The fourth-order valence-corrected chi connectivity index (χ4v) is 2.30. The van der Waals surface area contributed by atoms with Crippen molar-refractivity contribution in [2.45, 2.75) is 39.0 Å². The third-order valence-electron chi connectivity index (χ3n) is 3.43. The number of carboxylic acids is 1. The van der Waals surface area contributed by atoms with Crippen molar-refractivity contribution in [3.8, 4) is 5.75 Å². The second-order valence-electron chi connectivity index (χ2n) is 5.77. The lowest BCUT2D eigenvalue weighted by Crippen LogP contribution is -2.38. The van der Waals surface area contributed by atoms with Crippen LogP contribution in [0.1, 0.15) is 25.0 Å². The van der Waals surface area contributed by atoms with E-state index in [4.69, 9.17) is 4.74 Å². The Morgan fingerprint density at radius 1 is 1.04 bits per heavy atom. The minimum Gasteiger partial charge on any atom is -0.491 e. The Labute approximate surface area is 137 Å². The summed E-state index contributed by atoms with van der Waals surface area (Å²) in [5.74, 6) is -0.0172. The molecule has 0 bridgehead atoms. The number of nitrogens with one attached hydrogen (secondary N) is 1. The second kappa shape index (κ2) is 8.34. The van der Waals surface area contributed by atoms with Crippen molar-refractivity contribution in [1.82, 2.24) is 5.32 Å². The number of rotatable bonds is 8. The highest BCUT2D eigenvalue weighted by Gasteiger charge is 2.17. The predicted octanol–water partition coefficient (Wildman–Crippen LogP) is 3.26. The first kappa shape index (κ1) is 17.0. The number of aliphatic carboxylic acids is 1. The lowest BCUT2D eigenvalue weighted by molar-refractivity contribution is -0.139. The third-order valence-corrected chi connectivity index (χ3v) is 3.43. The molecule has 0 aliphatic rings. The predicted molar refractivity (Wildman–Crippen MR) is 90.6 cm³/mol. The minimum atomic E-state index is -0.839. The number of benzene rings is 2. The molecule has 0 heterocycles. The average Bonchev–Trinajstić information content (AvgIpc) is 2.53. The van der Waals surface area contributed by atoms with E-state index in [1.54, 1.807) is 0 Å². The van der Waals surface area contributed by atoms with Gasteiger partial charge in [0.1, 0.15) is 11.8 Å². The first-order valence-corrected chi connectivity index (χ1v) is 7.80. The second-order valence-corrected chi connectivity index (χ2v) is 5.77.